The van der Waals surface area contributed by atoms with Gasteiger partial charge in [-0.15, -0.1) is 0 Å². The van der Waals surface area contributed by atoms with Gasteiger partial charge in [0.25, 0.3) is 5.91 Å². The van der Waals surface area contributed by atoms with Crippen LogP contribution in [0.15, 0.2) is 49.1 Å². The third kappa shape index (κ3) is 3.82. The zero-order valence-electron chi connectivity index (χ0n) is 14.3. The van der Waals surface area contributed by atoms with Gasteiger partial charge in [0.2, 0.25) is 0 Å². The molecule has 0 saturated carbocycles. The van der Waals surface area contributed by atoms with Crippen LogP contribution in [0.5, 0.6) is 5.75 Å². The second kappa shape index (κ2) is 7.12. The minimum atomic E-state index is -0.663. The van der Waals surface area contributed by atoms with E-state index in [0.29, 0.717) is 17.4 Å². The van der Waals surface area contributed by atoms with Crippen molar-refractivity contribution in [3.63, 3.8) is 0 Å². The van der Waals surface area contributed by atoms with E-state index in [1.807, 2.05) is 32.0 Å². The van der Waals surface area contributed by atoms with Crippen molar-refractivity contribution in [2.75, 3.05) is 5.32 Å². The van der Waals surface area contributed by atoms with Crippen LogP contribution in [-0.4, -0.2) is 31.8 Å². The fraction of sp³-hybridized carbons (Fsp3) is 0.222. The first-order chi connectivity index (χ1) is 12.0. The van der Waals surface area contributed by atoms with Crippen molar-refractivity contribution < 1.29 is 9.53 Å². The van der Waals surface area contributed by atoms with Gasteiger partial charge in [-0.3, -0.25) is 4.79 Å². The first-order valence-corrected chi connectivity index (χ1v) is 7.90. The Hall–Kier alpha value is -3.22. The fourth-order valence-electron chi connectivity index (χ4n) is 2.27. The topological polar surface area (TPSA) is 81.9 Å². The summed E-state index contributed by atoms with van der Waals surface area (Å²) in [6.07, 6.45) is 4.13. The summed E-state index contributed by atoms with van der Waals surface area (Å²) in [6, 6.07) is 9.20. The third-order valence-electron chi connectivity index (χ3n) is 3.87. The van der Waals surface area contributed by atoms with Crippen molar-refractivity contribution in [3.05, 3.63) is 60.2 Å². The van der Waals surface area contributed by atoms with Gasteiger partial charge in [-0.1, -0.05) is 12.1 Å². The second-order valence-electron chi connectivity index (χ2n) is 5.66. The monoisotopic (exact) mass is 337 g/mol. The molecule has 128 valence electrons. The Morgan fingerprint density at radius 1 is 1.24 bits per heavy atom. The van der Waals surface area contributed by atoms with Gasteiger partial charge in [0, 0.05) is 18.5 Å². The van der Waals surface area contributed by atoms with Crippen LogP contribution in [0.1, 0.15) is 18.1 Å². The summed E-state index contributed by atoms with van der Waals surface area (Å²) < 4.78 is 7.38. The SMILES string of the molecule is Cc1cccc(OC(C)C(=O)Nc2cc(-n3cccn3)ncn2)c1C. The number of benzene rings is 1. The van der Waals surface area contributed by atoms with Crippen molar-refractivity contribution in [2.24, 2.45) is 0 Å². The van der Waals surface area contributed by atoms with E-state index in [1.165, 1.54) is 6.33 Å². The molecule has 0 bridgehead atoms. The lowest BCUT2D eigenvalue weighted by Crippen LogP contribution is -2.30. The molecule has 0 fully saturated rings. The highest BCUT2D eigenvalue weighted by molar-refractivity contribution is 5.93. The largest absolute Gasteiger partial charge is 0.481 e. The van der Waals surface area contributed by atoms with Gasteiger partial charge in [0.1, 0.15) is 17.9 Å². The van der Waals surface area contributed by atoms with Crippen LogP contribution < -0.4 is 10.1 Å². The number of hydrogen-bond acceptors (Lipinski definition) is 5. The molecule has 0 saturated heterocycles. The number of nitrogens with zero attached hydrogens (tertiary/aromatic N) is 4. The highest BCUT2D eigenvalue weighted by atomic mass is 16.5. The summed E-state index contributed by atoms with van der Waals surface area (Å²) in [6.45, 7) is 5.67. The van der Waals surface area contributed by atoms with Crippen molar-refractivity contribution in [1.82, 2.24) is 19.7 Å². The maximum absolute atomic E-state index is 12.4. The molecule has 25 heavy (non-hydrogen) atoms. The number of nitrogens with one attached hydrogen (secondary N) is 1. The first kappa shape index (κ1) is 16.6. The molecule has 0 radical (unpaired) electrons. The predicted octanol–water partition coefficient (Wildman–Crippen LogP) is 2.69. The average molecular weight is 337 g/mol. The van der Waals surface area contributed by atoms with Crippen molar-refractivity contribution in [3.8, 4) is 11.6 Å². The Morgan fingerprint density at radius 2 is 2.08 bits per heavy atom. The minimum Gasteiger partial charge on any atom is -0.481 e. The van der Waals surface area contributed by atoms with Crippen LogP contribution in [0.4, 0.5) is 5.82 Å². The molecule has 1 atom stereocenters. The molecule has 3 aromatic rings. The van der Waals surface area contributed by atoms with Gasteiger partial charge < -0.3 is 10.1 Å². The summed E-state index contributed by atoms with van der Waals surface area (Å²) in [5.41, 5.74) is 2.13. The molecular formula is C18H19N5O2. The average Bonchev–Trinajstić information content (AvgIpc) is 3.14. The van der Waals surface area contributed by atoms with E-state index in [-0.39, 0.29) is 5.91 Å². The molecule has 1 N–H and O–H groups in total. The van der Waals surface area contributed by atoms with Crippen LogP contribution >= 0.6 is 0 Å². The Balaban J connectivity index is 1.69. The van der Waals surface area contributed by atoms with Gasteiger partial charge in [-0.05, 0) is 44.0 Å². The van der Waals surface area contributed by atoms with Gasteiger partial charge in [0.15, 0.2) is 11.9 Å². The zero-order valence-corrected chi connectivity index (χ0v) is 14.3. The number of aromatic nitrogens is 4. The van der Waals surface area contributed by atoms with Gasteiger partial charge in [0.05, 0.1) is 0 Å². The summed E-state index contributed by atoms with van der Waals surface area (Å²) in [5.74, 6) is 1.37. The molecule has 7 nitrogen and oxygen atoms in total. The van der Waals surface area contributed by atoms with Crippen LogP contribution in [0, 0.1) is 13.8 Å². The van der Waals surface area contributed by atoms with Crippen LogP contribution in [0.2, 0.25) is 0 Å². The van der Waals surface area contributed by atoms with E-state index in [4.69, 9.17) is 4.74 Å². The number of rotatable bonds is 5. The Bertz CT molecular complexity index is 877. The smallest absolute Gasteiger partial charge is 0.266 e. The lowest BCUT2D eigenvalue weighted by molar-refractivity contribution is -0.122. The van der Waals surface area contributed by atoms with Gasteiger partial charge in [-0.2, -0.15) is 5.10 Å². The quantitative estimate of drug-likeness (QED) is 0.774. The predicted molar refractivity (Wildman–Crippen MR) is 93.8 cm³/mol. The zero-order chi connectivity index (χ0) is 17.8. The van der Waals surface area contributed by atoms with E-state index < -0.39 is 6.10 Å². The normalized spacial score (nSPS) is 11.8. The molecule has 3 rings (SSSR count). The molecule has 1 unspecified atom stereocenters. The van der Waals surface area contributed by atoms with Crippen molar-refractivity contribution >= 4 is 11.7 Å². The molecule has 0 aliphatic carbocycles. The maximum Gasteiger partial charge on any atom is 0.266 e. The first-order valence-electron chi connectivity index (χ1n) is 7.90. The van der Waals surface area contributed by atoms with E-state index >= 15 is 0 Å². The number of aryl methyl sites for hydroxylation is 1. The van der Waals surface area contributed by atoms with Gasteiger partial charge >= 0.3 is 0 Å². The highest BCUT2D eigenvalue weighted by Crippen LogP contribution is 2.22. The van der Waals surface area contributed by atoms with Crippen LogP contribution in [0.25, 0.3) is 5.82 Å². The number of hydrogen-bond donors (Lipinski definition) is 1. The molecule has 2 aromatic heterocycles. The fourth-order valence-corrected chi connectivity index (χ4v) is 2.27. The molecule has 0 aliphatic rings. The third-order valence-corrected chi connectivity index (χ3v) is 3.87. The molecule has 7 heteroatoms. The summed E-state index contributed by atoms with van der Waals surface area (Å²) in [5, 5.41) is 6.85. The number of carbonyl (C=O) groups excluding carboxylic acids is 1. The Labute approximate surface area is 145 Å². The molecule has 1 amide bonds. The summed E-state index contributed by atoms with van der Waals surface area (Å²) in [4.78, 5) is 20.6. The molecule has 1 aromatic carbocycles. The lowest BCUT2D eigenvalue weighted by Gasteiger charge is -2.17. The van der Waals surface area contributed by atoms with E-state index in [0.717, 1.165) is 11.1 Å². The standard InChI is InChI=1S/C18H19N5O2/c1-12-6-4-7-15(13(12)2)25-14(3)18(24)22-16-10-17(20-11-19-16)23-9-5-8-21-23/h4-11,14H,1-3H3,(H,19,20,22,24). The molecule has 0 spiro atoms. The number of carbonyl (C=O) groups is 1. The van der Waals surface area contributed by atoms with Gasteiger partial charge in [-0.25, -0.2) is 14.6 Å². The highest BCUT2D eigenvalue weighted by Gasteiger charge is 2.17. The summed E-state index contributed by atoms with van der Waals surface area (Å²) >= 11 is 0. The molecule has 0 aliphatic heterocycles. The van der Waals surface area contributed by atoms with E-state index in [2.05, 4.69) is 20.4 Å². The molecular weight excluding hydrogens is 318 g/mol. The van der Waals surface area contributed by atoms with E-state index in [9.17, 15) is 4.79 Å². The number of ether oxygens (including phenoxy) is 1. The second-order valence-corrected chi connectivity index (χ2v) is 5.66. The minimum absolute atomic E-state index is 0.286. The maximum atomic E-state index is 12.4. The van der Waals surface area contributed by atoms with Crippen molar-refractivity contribution in [1.29, 1.82) is 0 Å². The lowest BCUT2D eigenvalue weighted by atomic mass is 10.1. The van der Waals surface area contributed by atoms with Crippen LogP contribution in [0.3, 0.4) is 0 Å². The number of anilines is 1. The van der Waals surface area contributed by atoms with Crippen molar-refractivity contribution in [2.45, 2.75) is 26.9 Å². The summed E-state index contributed by atoms with van der Waals surface area (Å²) in [7, 11) is 0. The number of amides is 1. The molecule has 2 heterocycles. The van der Waals surface area contributed by atoms with Crippen LogP contribution in [-0.2, 0) is 4.79 Å². The van der Waals surface area contributed by atoms with E-state index in [1.54, 1.807) is 36.1 Å². The Kier molecular flexibility index (Phi) is 4.74. The Morgan fingerprint density at radius 3 is 2.84 bits per heavy atom.